The molecule has 6 nitrogen and oxygen atoms in total. The molecule has 0 N–H and O–H groups in total. The number of hydrogen-bond donors (Lipinski definition) is 0. The molecule has 0 saturated carbocycles. The highest BCUT2D eigenvalue weighted by Gasteiger charge is 2.09. The van der Waals surface area contributed by atoms with E-state index in [2.05, 4.69) is 9.44 Å². The van der Waals surface area contributed by atoms with E-state index in [1.807, 2.05) is 0 Å². The molecule has 0 aromatic heterocycles. The quantitative estimate of drug-likeness (QED) is 0.255. The Morgan fingerprint density at radius 3 is 2.38 bits per heavy atom. The number of oxime groups is 1. The van der Waals surface area contributed by atoms with Gasteiger partial charge in [-0.3, -0.25) is 9.08 Å². The van der Waals surface area contributed by atoms with Crippen molar-refractivity contribution < 1.29 is 22.0 Å². The first-order valence-corrected chi connectivity index (χ1v) is 5.52. The van der Waals surface area contributed by atoms with Gasteiger partial charge in [0.2, 0.25) is 5.78 Å². The maximum Gasteiger partial charge on any atom is 0.284 e. The van der Waals surface area contributed by atoms with Crippen LogP contribution in [0.15, 0.2) is 35.5 Å². The molecule has 1 aromatic rings. The van der Waals surface area contributed by atoms with Gasteiger partial charge in [-0.2, -0.15) is 8.42 Å². The molecule has 0 unspecified atom stereocenters. The van der Waals surface area contributed by atoms with Crippen molar-refractivity contribution >= 4 is 21.9 Å². The molecule has 0 aliphatic rings. The van der Waals surface area contributed by atoms with E-state index in [1.165, 1.54) is 19.1 Å². The molecule has 0 radical (unpaired) electrons. The first-order valence-electron chi connectivity index (χ1n) is 4.19. The largest absolute Gasteiger partial charge is 0.714 e. The molecule has 0 heterocycles. The number of ketones is 1. The summed E-state index contributed by atoms with van der Waals surface area (Å²) in [6, 6.07) is 8.08. The highest BCUT2D eigenvalue weighted by atomic mass is 32.3. The maximum atomic E-state index is 11.6. The van der Waals surface area contributed by atoms with Crippen molar-refractivity contribution in [2.75, 3.05) is 0 Å². The third kappa shape index (κ3) is 3.79. The van der Waals surface area contributed by atoms with Crippen molar-refractivity contribution in [3.05, 3.63) is 35.9 Å². The number of rotatable bonds is 4. The van der Waals surface area contributed by atoms with E-state index in [4.69, 9.17) is 0 Å². The number of nitrogens with zero attached hydrogens (tertiary/aromatic N) is 1. The predicted molar refractivity (Wildman–Crippen MR) is 54.7 cm³/mol. The Labute approximate surface area is 92.5 Å². The van der Waals surface area contributed by atoms with Crippen LogP contribution in [0.5, 0.6) is 0 Å². The molecule has 1 aromatic carbocycles. The van der Waals surface area contributed by atoms with Crippen LogP contribution in [0.2, 0.25) is 0 Å². The lowest BCUT2D eigenvalue weighted by molar-refractivity contribution is 0.106. The van der Waals surface area contributed by atoms with Gasteiger partial charge >= 0.3 is 0 Å². The Bertz CT molecular complexity index is 506. The monoisotopic (exact) mass is 242 g/mol. The predicted octanol–water partition coefficient (Wildman–Crippen LogP) is 0.722. The van der Waals surface area contributed by atoms with Crippen LogP contribution in [0, 0.1) is 0 Å². The SMILES string of the molecule is C/C(=N/OS(=O)(=O)[O-])C(=O)c1ccccc1. The first kappa shape index (κ1) is 12.3. The summed E-state index contributed by atoms with van der Waals surface area (Å²) in [5.74, 6) is -0.510. The molecule has 0 atom stereocenters. The normalized spacial score (nSPS) is 12.2. The average molecular weight is 242 g/mol. The maximum absolute atomic E-state index is 11.6. The smallest absolute Gasteiger partial charge is 0.284 e. The Morgan fingerprint density at radius 1 is 1.31 bits per heavy atom. The number of hydrogen-bond acceptors (Lipinski definition) is 6. The number of benzene rings is 1. The molecule has 0 bridgehead atoms. The molecule has 86 valence electrons. The molecule has 0 fully saturated rings. The molecule has 1 rings (SSSR count). The van der Waals surface area contributed by atoms with Gasteiger partial charge < -0.3 is 4.55 Å². The van der Waals surface area contributed by atoms with Crippen LogP contribution >= 0.6 is 0 Å². The summed E-state index contributed by atoms with van der Waals surface area (Å²) in [6.07, 6.45) is 0. The van der Waals surface area contributed by atoms with E-state index in [1.54, 1.807) is 18.2 Å². The zero-order valence-corrected chi connectivity index (χ0v) is 9.10. The zero-order valence-electron chi connectivity index (χ0n) is 8.28. The van der Waals surface area contributed by atoms with Gasteiger partial charge in [0.05, 0.1) is 0 Å². The minimum atomic E-state index is -4.92. The van der Waals surface area contributed by atoms with Crippen LogP contribution < -0.4 is 0 Å². The summed E-state index contributed by atoms with van der Waals surface area (Å²) in [6.45, 7) is 1.25. The molecule has 16 heavy (non-hydrogen) atoms. The van der Waals surface area contributed by atoms with E-state index in [-0.39, 0.29) is 5.71 Å². The molecule has 7 heteroatoms. The van der Waals surface area contributed by atoms with Gasteiger partial charge in [0, 0.05) is 5.56 Å². The van der Waals surface area contributed by atoms with Gasteiger partial charge in [0.1, 0.15) is 5.71 Å². The van der Waals surface area contributed by atoms with Crippen molar-refractivity contribution in [2.45, 2.75) is 6.92 Å². The van der Waals surface area contributed by atoms with Gasteiger partial charge in [0.15, 0.2) is 0 Å². The first-order chi connectivity index (χ1) is 7.40. The molecule has 0 saturated heterocycles. The molecule has 0 aliphatic carbocycles. The molecular formula is C9H8NO5S-. The van der Waals surface area contributed by atoms with Crippen LogP contribution in [0.1, 0.15) is 17.3 Å². The van der Waals surface area contributed by atoms with Gasteiger partial charge in [-0.15, -0.1) is 0 Å². The lowest BCUT2D eigenvalue weighted by Gasteiger charge is -2.03. The topological polar surface area (TPSA) is 95.9 Å². The highest BCUT2D eigenvalue weighted by molar-refractivity contribution is 7.80. The standard InChI is InChI=1S/C9H9NO5S/c1-7(10-15-16(12,13)14)9(11)8-5-3-2-4-6-8/h2-6H,1H3,(H,12,13,14)/p-1/b10-7-. The van der Waals surface area contributed by atoms with Crippen molar-refractivity contribution in [2.24, 2.45) is 5.16 Å². The number of carbonyl (C=O) groups is 1. The minimum absolute atomic E-state index is 0.217. The fourth-order valence-corrected chi connectivity index (χ4v) is 1.14. The lowest BCUT2D eigenvalue weighted by Crippen LogP contribution is -2.12. The van der Waals surface area contributed by atoms with Crippen molar-refractivity contribution in [3.63, 3.8) is 0 Å². The minimum Gasteiger partial charge on any atom is -0.714 e. The lowest BCUT2D eigenvalue weighted by atomic mass is 10.1. The summed E-state index contributed by atoms with van der Waals surface area (Å²) >= 11 is 0. The number of Topliss-reactive ketones (excluding diaryl/α,β-unsaturated/α-hetero) is 1. The second kappa shape index (κ2) is 4.86. The van der Waals surface area contributed by atoms with Crippen molar-refractivity contribution in [3.8, 4) is 0 Å². The van der Waals surface area contributed by atoms with E-state index < -0.39 is 16.2 Å². The van der Waals surface area contributed by atoms with Gasteiger partial charge in [0.25, 0.3) is 10.4 Å². The summed E-state index contributed by atoms with van der Waals surface area (Å²) in [7, 11) is -4.92. The fourth-order valence-electron chi connectivity index (χ4n) is 0.941. The van der Waals surface area contributed by atoms with E-state index >= 15 is 0 Å². The number of carbonyl (C=O) groups excluding carboxylic acids is 1. The van der Waals surface area contributed by atoms with Crippen molar-refractivity contribution in [1.82, 2.24) is 0 Å². The molecule has 0 spiro atoms. The summed E-state index contributed by atoms with van der Waals surface area (Å²) in [4.78, 5) is 11.6. The van der Waals surface area contributed by atoms with Crippen molar-refractivity contribution in [1.29, 1.82) is 0 Å². The summed E-state index contributed by atoms with van der Waals surface area (Å²) in [5.41, 5.74) is 0.112. The van der Waals surface area contributed by atoms with E-state index in [0.29, 0.717) is 5.56 Å². The van der Waals surface area contributed by atoms with Crippen LogP contribution in [0.25, 0.3) is 0 Å². The fraction of sp³-hybridized carbons (Fsp3) is 0.111. The Kier molecular flexibility index (Phi) is 3.75. The average Bonchev–Trinajstić information content (AvgIpc) is 2.25. The van der Waals surface area contributed by atoms with Crippen LogP contribution in [-0.2, 0) is 14.7 Å². The second-order valence-electron chi connectivity index (χ2n) is 2.85. The Balaban J connectivity index is 2.84. The van der Waals surface area contributed by atoms with Gasteiger partial charge in [-0.1, -0.05) is 35.5 Å². The summed E-state index contributed by atoms with van der Waals surface area (Å²) < 4.78 is 33.9. The summed E-state index contributed by atoms with van der Waals surface area (Å²) in [5, 5.41) is 2.94. The van der Waals surface area contributed by atoms with Crippen LogP contribution in [-0.4, -0.2) is 24.5 Å². The second-order valence-corrected chi connectivity index (χ2v) is 3.82. The van der Waals surface area contributed by atoms with E-state index in [0.717, 1.165) is 0 Å². The molecule has 0 aliphatic heterocycles. The Hall–Kier alpha value is -1.73. The van der Waals surface area contributed by atoms with Crippen LogP contribution in [0.3, 0.4) is 0 Å². The van der Waals surface area contributed by atoms with E-state index in [9.17, 15) is 17.8 Å². The zero-order chi connectivity index (χ0) is 12.2. The highest BCUT2D eigenvalue weighted by Crippen LogP contribution is 2.02. The van der Waals surface area contributed by atoms with Gasteiger partial charge in [-0.05, 0) is 6.92 Å². The van der Waals surface area contributed by atoms with Gasteiger partial charge in [-0.25, -0.2) is 0 Å². The van der Waals surface area contributed by atoms with Crippen LogP contribution in [0.4, 0.5) is 0 Å². The molecular weight excluding hydrogens is 234 g/mol. The third-order valence-electron chi connectivity index (χ3n) is 1.63. The third-order valence-corrected chi connectivity index (χ3v) is 1.89. The molecule has 0 amide bonds. The Morgan fingerprint density at radius 2 is 1.88 bits per heavy atom.